The molecule has 1 aromatic heterocycles. The Bertz CT molecular complexity index is 722. The van der Waals surface area contributed by atoms with Gasteiger partial charge in [-0.2, -0.15) is 5.10 Å². The summed E-state index contributed by atoms with van der Waals surface area (Å²) in [7, 11) is 0. The van der Waals surface area contributed by atoms with E-state index < -0.39 is 13.0 Å². The van der Waals surface area contributed by atoms with Crippen LogP contribution < -0.4 is 0 Å². The Balaban J connectivity index is 1.72. The van der Waals surface area contributed by atoms with Crippen LogP contribution in [0, 0.1) is 13.8 Å². The molecule has 1 aliphatic rings. The van der Waals surface area contributed by atoms with E-state index in [1.165, 1.54) is 11.1 Å². The molecule has 1 unspecified atom stereocenters. The van der Waals surface area contributed by atoms with Crippen LogP contribution in [0.1, 0.15) is 28.6 Å². The number of ether oxygens (including phenoxy) is 2. The van der Waals surface area contributed by atoms with Crippen molar-refractivity contribution in [2.24, 2.45) is 0 Å². The normalized spacial score (nSPS) is 18.3. The molecule has 3 rings (SSSR count). The first-order valence-corrected chi connectivity index (χ1v) is 9.31. The summed E-state index contributed by atoms with van der Waals surface area (Å²) in [5, 5.41) is 4.74. The van der Waals surface area contributed by atoms with Crippen LogP contribution in [0.15, 0.2) is 30.3 Å². The highest BCUT2D eigenvalue weighted by atomic mass is 19.3. The van der Waals surface area contributed by atoms with E-state index in [-0.39, 0.29) is 12.6 Å². The smallest absolute Gasteiger partial charge is 0.261 e. The Labute approximate surface area is 158 Å². The summed E-state index contributed by atoms with van der Waals surface area (Å²) in [4.78, 5) is 2.25. The second-order valence-electron chi connectivity index (χ2n) is 6.82. The number of rotatable bonds is 8. The van der Waals surface area contributed by atoms with Crippen LogP contribution in [0.4, 0.5) is 8.78 Å². The van der Waals surface area contributed by atoms with Gasteiger partial charge in [0.25, 0.3) is 6.43 Å². The van der Waals surface area contributed by atoms with Crippen molar-refractivity contribution in [2.45, 2.75) is 32.9 Å². The van der Waals surface area contributed by atoms with Crippen LogP contribution in [0.5, 0.6) is 0 Å². The average molecular weight is 379 g/mol. The van der Waals surface area contributed by atoms with Crippen molar-refractivity contribution in [3.8, 4) is 0 Å². The van der Waals surface area contributed by atoms with Crippen LogP contribution in [0.25, 0.3) is 0 Å². The van der Waals surface area contributed by atoms with Crippen molar-refractivity contribution >= 4 is 0 Å². The SMILES string of the molecule is Cc1nn(Cc2ccccc2)c(C)c1C1COCCN1CCOCC(F)F. The molecule has 2 heterocycles. The fraction of sp³-hybridized carbons (Fsp3) is 0.550. The number of alkyl halides is 2. The number of hydrogen-bond acceptors (Lipinski definition) is 4. The highest BCUT2D eigenvalue weighted by Gasteiger charge is 2.29. The van der Waals surface area contributed by atoms with Crippen LogP contribution in [-0.2, 0) is 16.0 Å². The monoisotopic (exact) mass is 379 g/mol. The van der Waals surface area contributed by atoms with E-state index in [1.807, 2.05) is 29.8 Å². The molecule has 1 aromatic carbocycles. The lowest BCUT2D eigenvalue weighted by Crippen LogP contribution is -2.41. The Hall–Kier alpha value is -1.83. The quantitative estimate of drug-likeness (QED) is 0.661. The molecule has 0 bridgehead atoms. The molecule has 7 heteroatoms. The summed E-state index contributed by atoms with van der Waals surface area (Å²) in [6, 6.07) is 10.3. The zero-order chi connectivity index (χ0) is 19.2. The molecule has 0 amide bonds. The average Bonchev–Trinajstić information content (AvgIpc) is 2.93. The number of hydrogen-bond donors (Lipinski definition) is 0. The Morgan fingerprint density at radius 1 is 1.26 bits per heavy atom. The van der Waals surface area contributed by atoms with Crippen molar-refractivity contribution in [3.05, 3.63) is 52.8 Å². The van der Waals surface area contributed by atoms with Crippen molar-refractivity contribution in [1.29, 1.82) is 0 Å². The number of aromatic nitrogens is 2. The Morgan fingerprint density at radius 2 is 2.04 bits per heavy atom. The molecule has 0 spiro atoms. The van der Waals surface area contributed by atoms with Crippen LogP contribution in [-0.4, -0.2) is 60.6 Å². The molecule has 27 heavy (non-hydrogen) atoms. The second kappa shape index (κ2) is 9.39. The van der Waals surface area contributed by atoms with Gasteiger partial charge < -0.3 is 9.47 Å². The molecule has 148 valence electrons. The third-order valence-electron chi connectivity index (χ3n) is 4.95. The van der Waals surface area contributed by atoms with Gasteiger partial charge in [0.2, 0.25) is 0 Å². The zero-order valence-electron chi connectivity index (χ0n) is 15.9. The van der Waals surface area contributed by atoms with Gasteiger partial charge in [0.1, 0.15) is 6.61 Å². The minimum absolute atomic E-state index is 0.0680. The molecule has 0 aliphatic carbocycles. The maximum absolute atomic E-state index is 12.3. The molecule has 0 radical (unpaired) electrons. The number of morpholine rings is 1. The molecule has 1 saturated heterocycles. The summed E-state index contributed by atoms with van der Waals surface area (Å²) in [5.74, 6) is 0. The van der Waals surface area contributed by atoms with E-state index >= 15 is 0 Å². The van der Waals surface area contributed by atoms with Crippen molar-refractivity contribution in [2.75, 3.05) is 39.5 Å². The van der Waals surface area contributed by atoms with Crippen LogP contribution in [0.3, 0.4) is 0 Å². The summed E-state index contributed by atoms with van der Waals surface area (Å²) in [6.07, 6.45) is -2.42. The number of halogens is 2. The minimum atomic E-state index is -2.42. The van der Waals surface area contributed by atoms with Gasteiger partial charge in [-0.15, -0.1) is 0 Å². The minimum Gasteiger partial charge on any atom is -0.378 e. The van der Waals surface area contributed by atoms with E-state index in [0.717, 1.165) is 24.5 Å². The van der Waals surface area contributed by atoms with Gasteiger partial charge in [-0.25, -0.2) is 8.78 Å². The van der Waals surface area contributed by atoms with E-state index in [2.05, 4.69) is 24.0 Å². The number of aryl methyl sites for hydroxylation is 1. The highest BCUT2D eigenvalue weighted by Crippen LogP contribution is 2.29. The maximum Gasteiger partial charge on any atom is 0.261 e. The topological polar surface area (TPSA) is 39.5 Å². The molecule has 1 fully saturated rings. The van der Waals surface area contributed by atoms with Gasteiger partial charge in [0, 0.05) is 24.3 Å². The maximum atomic E-state index is 12.3. The summed E-state index contributed by atoms with van der Waals surface area (Å²) >= 11 is 0. The van der Waals surface area contributed by atoms with Crippen molar-refractivity contribution < 1.29 is 18.3 Å². The predicted molar refractivity (Wildman–Crippen MR) is 99.2 cm³/mol. The Morgan fingerprint density at radius 3 is 2.78 bits per heavy atom. The summed E-state index contributed by atoms with van der Waals surface area (Å²) in [5.41, 5.74) is 4.47. The molecule has 1 aliphatic heterocycles. The Kier molecular flexibility index (Phi) is 6.93. The highest BCUT2D eigenvalue weighted by molar-refractivity contribution is 5.30. The lowest BCUT2D eigenvalue weighted by molar-refractivity contribution is -0.0340. The molecule has 5 nitrogen and oxygen atoms in total. The first kappa shape index (κ1) is 19.9. The third-order valence-corrected chi connectivity index (χ3v) is 4.95. The van der Waals surface area contributed by atoms with Gasteiger partial charge in [-0.3, -0.25) is 9.58 Å². The molecule has 2 aromatic rings. The van der Waals surface area contributed by atoms with Gasteiger partial charge in [0.15, 0.2) is 0 Å². The predicted octanol–water partition coefficient (Wildman–Crippen LogP) is 3.20. The van der Waals surface area contributed by atoms with Gasteiger partial charge in [-0.1, -0.05) is 30.3 Å². The molecule has 1 atom stereocenters. The zero-order valence-corrected chi connectivity index (χ0v) is 15.9. The van der Waals surface area contributed by atoms with Gasteiger partial charge >= 0.3 is 0 Å². The second-order valence-corrected chi connectivity index (χ2v) is 6.82. The standard InChI is InChI=1S/C20H27F2N3O2/c1-15-20(16(2)25(23-15)12-17-6-4-3-5-7-17)18-13-26-10-8-24(18)9-11-27-14-19(21)22/h3-7,18-19H,8-14H2,1-2H3. The molecule has 0 saturated carbocycles. The first-order chi connectivity index (χ1) is 13.1. The van der Waals surface area contributed by atoms with Crippen molar-refractivity contribution in [3.63, 3.8) is 0 Å². The summed E-state index contributed by atoms with van der Waals surface area (Å²) < 4.78 is 37.3. The first-order valence-electron chi connectivity index (χ1n) is 9.31. The molecular weight excluding hydrogens is 352 g/mol. The van der Waals surface area contributed by atoms with Crippen LogP contribution in [0.2, 0.25) is 0 Å². The largest absolute Gasteiger partial charge is 0.378 e. The van der Waals surface area contributed by atoms with Gasteiger partial charge in [0.05, 0.1) is 38.1 Å². The van der Waals surface area contributed by atoms with E-state index in [1.54, 1.807) is 0 Å². The van der Waals surface area contributed by atoms with Gasteiger partial charge in [-0.05, 0) is 19.4 Å². The number of nitrogens with zero attached hydrogens (tertiary/aromatic N) is 3. The van der Waals surface area contributed by atoms with Crippen LogP contribution >= 0.6 is 0 Å². The number of benzene rings is 1. The van der Waals surface area contributed by atoms with E-state index in [0.29, 0.717) is 19.8 Å². The van der Waals surface area contributed by atoms with E-state index in [9.17, 15) is 8.78 Å². The van der Waals surface area contributed by atoms with E-state index in [4.69, 9.17) is 14.6 Å². The summed E-state index contributed by atoms with van der Waals surface area (Å²) in [6.45, 7) is 7.17. The fourth-order valence-corrected chi connectivity index (χ4v) is 3.63. The lowest BCUT2D eigenvalue weighted by atomic mass is 10.0. The molecular formula is C20H27F2N3O2. The lowest BCUT2D eigenvalue weighted by Gasteiger charge is -2.35. The van der Waals surface area contributed by atoms with Crippen molar-refractivity contribution in [1.82, 2.24) is 14.7 Å². The molecule has 0 N–H and O–H groups in total. The third kappa shape index (κ3) is 5.12. The fourth-order valence-electron chi connectivity index (χ4n) is 3.63.